The largest absolute Gasteiger partial charge is 0.466 e. The topological polar surface area (TPSA) is 56.1 Å². The smallest absolute Gasteiger partial charge is 0.337 e. The summed E-state index contributed by atoms with van der Waals surface area (Å²) in [6.45, 7) is 1.76. The van der Waals surface area contributed by atoms with Crippen LogP contribution >= 0.6 is 15.9 Å². The second-order valence-electron chi connectivity index (χ2n) is 6.02. The lowest BCUT2D eigenvalue weighted by Gasteiger charge is -2.30. The number of anilines is 1. The number of rotatable bonds is 2. The molecule has 0 saturated carbocycles. The number of para-hydroxylation sites is 2. The van der Waals surface area contributed by atoms with Gasteiger partial charge in [0.15, 0.2) is 0 Å². The van der Waals surface area contributed by atoms with Gasteiger partial charge in [0.25, 0.3) is 0 Å². The number of methoxy groups -OCH3 is 1. The van der Waals surface area contributed by atoms with Crippen molar-refractivity contribution in [2.45, 2.75) is 13.0 Å². The highest BCUT2D eigenvalue weighted by Gasteiger charge is 2.36. The molecule has 1 aromatic heterocycles. The van der Waals surface area contributed by atoms with Crippen LogP contribution in [0.15, 0.2) is 58.2 Å². The molecule has 4 rings (SSSR count). The second kappa shape index (κ2) is 6.25. The average molecular weight is 416 g/mol. The van der Waals surface area contributed by atoms with Crippen LogP contribution in [0.5, 0.6) is 0 Å². The molecule has 0 saturated heterocycles. The minimum absolute atomic E-state index is 0.347. The van der Waals surface area contributed by atoms with Crippen LogP contribution in [0.25, 0.3) is 11.0 Å². The van der Waals surface area contributed by atoms with Gasteiger partial charge < -0.3 is 10.1 Å². The lowest BCUT2D eigenvalue weighted by molar-refractivity contribution is -0.136. The lowest BCUT2D eigenvalue weighted by atomic mass is 9.94. The first-order chi connectivity index (χ1) is 12.5. The number of imidazole rings is 1. The van der Waals surface area contributed by atoms with Crippen molar-refractivity contribution in [2.24, 2.45) is 0 Å². The van der Waals surface area contributed by atoms with Crippen LogP contribution in [0.3, 0.4) is 0 Å². The number of nitrogens with zero attached hydrogens (tertiary/aromatic N) is 2. The number of aromatic nitrogens is 2. The fraction of sp³-hybridized carbons (Fsp3) is 0.158. The van der Waals surface area contributed by atoms with Crippen molar-refractivity contribution in [2.75, 3.05) is 12.4 Å². The SMILES string of the molecule is COC(=O)C1=C(C)Nc2nc3ccccc3n2C1c1cc(Br)ccc1F. The summed E-state index contributed by atoms with van der Waals surface area (Å²) in [6, 6.07) is 11.5. The number of carbonyl (C=O) groups is 1. The molecular weight excluding hydrogens is 401 g/mol. The Hall–Kier alpha value is -2.67. The molecule has 0 spiro atoms. The van der Waals surface area contributed by atoms with Gasteiger partial charge >= 0.3 is 5.97 Å². The molecule has 1 N–H and O–H groups in total. The fourth-order valence-electron chi connectivity index (χ4n) is 3.36. The maximum absolute atomic E-state index is 14.8. The van der Waals surface area contributed by atoms with Gasteiger partial charge in [-0.3, -0.25) is 4.57 Å². The van der Waals surface area contributed by atoms with Gasteiger partial charge in [-0.2, -0.15) is 0 Å². The first kappa shape index (κ1) is 16.8. The molecule has 0 radical (unpaired) electrons. The maximum atomic E-state index is 14.8. The molecule has 0 amide bonds. The molecule has 3 aromatic rings. The Balaban J connectivity index is 2.06. The Morgan fingerprint density at radius 3 is 2.85 bits per heavy atom. The van der Waals surface area contributed by atoms with E-state index in [1.807, 2.05) is 28.8 Å². The Morgan fingerprint density at radius 2 is 2.08 bits per heavy atom. The first-order valence-electron chi connectivity index (χ1n) is 7.99. The monoisotopic (exact) mass is 415 g/mol. The predicted octanol–water partition coefficient (Wildman–Crippen LogP) is 4.40. The molecule has 26 heavy (non-hydrogen) atoms. The summed E-state index contributed by atoms with van der Waals surface area (Å²) in [5, 5.41) is 3.14. The zero-order valence-corrected chi connectivity index (χ0v) is 15.7. The quantitative estimate of drug-likeness (QED) is 0.630. The molecule has 1 aliphatic heterocycles. The minimum Gasteiger partial charge on any atom is -0.466 e. The normalized spacial score (nSPS) is 16.4. The number of allylic oxidation sites excluding steroid dienone is 1. The van der Waals surface area contributed by atoms with Crippen LogP contribution in [0.2, 0.25) is 0 Å². The predicted molar refractivity (Wildman–Crippen MR) is 100 cm³/mol. The number of hydrogen-bond donors (Lipinski definition) is 1. The van der Waals surface area contributed by atoms with Gasteiger partial charge in [-0.1, -0.05) is 28.1 Å². The minimum atomic E-state index is -0.691. The van der Waals surface area contributed by atoms with Crippen molar-refractivity contribution in [1.82, 2.24) is 9.55 Å². The number of esters is 1. The van der Waals surface area contributed by atoms with E-state index >= 15 is 0 Å². The molecule has 0 fully saturated rings. The number of hydrogen-bond acceptors (Lipinski definition) is 4. The van der Waals surface area contributed by atoms with Crippen LogP contribution in [0, 0.1) is 5.82 Å². The zero-order valence-electron chi connectivity index (χ0n) is 14.1. The molecule has 2 heterocycles. The average Bonchev–Trinajstić information content (AvgIpc) is 3.00. The highest BCUT2D eigenvalue weighted by Crippen LogP contribution is 2.40. The highest BCUT2D eigenvalue weighted by atomic mass is 79.9. The van der Waals surface area contributed by atoms with Crippen LogP contribution in [0.1, 0.15) is 18.5 Å². The van der Waals surface area contributed by atoms with Crippen molar-refractivity contribution in [3.63, 3.8) is 0 Å². The summed E-state index contributed by atoms with van der Waals surface area (Å²) < 4.78 is 22.3. The van der Waals surface area contributed by atoms with Gasteiger partial charge in [-0.25, -0.2) is 14.2 Å². The number of halogens is 2. The fourth-order valence-corrected chi connectivity index (χ4v) is 3.74. The van der Waals surface area contributed by atoms with Gasteiger partial charge in [0.2, 0.25) is 5.95 Å². The van der Waals surface area contributed by atoms with E-state index in [1.54, 1.807) is 19.1 Å². The molecule has 1 unspecified atom stereocenters. The molecule has 1 aliphatic rings. The molecule has 2 aromatic carbocycles. The summed E-state index contributed by atoms with van der Waals surface area (Å²) in [5.74, 6) is -0.360. The molecular formula is C19H15BrFN3O2. The van der Waals surface area contributed by atoms with E-state index in [4.69, 9.17) is 4.74 Å². The Labute approximate surface area is 157 Å². The second-order valence-corrected chi connectivity index (χ2v) is 6.93. The van der Waals surface area contributed by atoms with E-state index in [2.05, 4.69) is 26.2 Å². The highest BCUT2D eigenvalue weighted by molar-refractivity contribution is 9.10. The third kappa shape index (κ3) is 2.50. The van der Waals surface area contributed by atoms with Crippen LogP contribution in [0.4, 0.5) is 10.3 Å². The number of fused-ring (bicyclic) bond motifs is 3. The van der Waals surface area contributed by atoms with Gasteiger partial charge in [0.05, 0.1) is 29.8 Å². The summed E-state index contributed by atoms with van der Waals surface area (Å²) in [5.41, 5.74) is 2.86. The summed E-state index contributed by atoms with van der Waals surface area (Å²) in [4.78, 5) is 17.1. The Kier molecular flexibility index (Phi) is 4.03. The third-order valence-corrected chi connectivity index (χ3v) is 4.98. The van der Waals surface area contributed by atoms with Gasteiger partial charge in [0.1, 0.15) is 5.82 Å². The van der Waals surface area contributed by atoms with Gasteiger partial charge in [-0.05, 0) is 37.3 Å². The maximum Gasteiger partial charge on any atom is 0.337 e. The molecule has 7 heteroatoms. The van der Waals surface area contributed by atoms with E-state index in [-0.39, 0.29) is 0 Å². The number of carbonyl (C=O) groups excluding carboxylic acids is 1. The number of nitrogens with one attached hydrogen (secondary N) is 1. The van der Waals surface area contributed by atoms with E-state index < -0.39 is 17.8 Å². The molecule has 0 bridgehead atoms. The van der Waals surface area contributed by atoms with Crippen LogP contribution in [-0.2, 0) is 9.53 Å². The van der Waals surface area contributed by atoms with E-state index in [1.165, 1.54) is 13.2 Å². The number of ether oxygens (including phenoxy) is 1. The van der Waals surface area contributed by atoms with E-state index in [9.17, 15) is 9.18 Å². The van der Waals surface area contributed by atoms with Gasteiger partial charge in [0, 0.05) is 15.7 Å². The van der Waals surface area contributed by atoms with Crippen molar-refractivity contribution in [3.05, 3.63) is 69.6 Å². The standard InChI is InChI=1S/C19H15BrFN3O2/c1-10-16(18(25)26-2)17(12-9-11(20)7-8-13(12)21)24-15-6-4-3-5-14(15)23-19(24)22-10/h3-9,17H,1-2H3,(H,22,23). The Bertz CT molecular complexity index is 1070. The first-order valence-corrected chi connectivity index (χ1v) is 8.78. The molecule has 1 atom stereocenters. The van der Waals surface area contributed by atoms with E-state index in [0.717, 1.165) is 15.5 Å². The van der Waals surface area contributed by atoms with Gasteiger partial charge in [-0.15, -0.1) is 0 Å². The van der Waals surface area contributed by atoms with E-state index in [0.29, 0.717) is 22.8 Å². The lowest BCUT2D eigenvalue weighted by Crippen LogP contribution is -2.29. The zero-order chi connectivity index (χ0) is 18.4. The summed E-state index contributed by atoms with van der Waals surface area (Å²) in [7, 11) is 1.32. The van der Waals surface area contributed by atoms with Crippen molar-refractivity contribution in [1.29, 1.82) is 0 Å². The van der Waals surface area contributed by atoms with Crippen molar-refractivity contribution >= 4 is 38.9 Å². The third-order valence-electron chi connectivity index (χ3n) is 4.49. The molecule has 0 aliphatic carbocycles. The number of benzene rings is 2. The molecule has 5 nitrogen and oxygen atoms in total. The summed E-state index contributed by atoms with van der Waals surface area (Å²) in [6.07, 6.45) is 0. The van der Waals surface area contributed by atoms with Crippen LogP contribution in [-0.4, -0.2) is 22.6 Å². The van der Waals surface area contributed by atoms with Crippen molar-refractivity contribution < 1.29 is 13.9 Å². The van der Waals surface area contributed by atoms with Crippen LogP contribution < -0.4 is 5.32 Å². The van der Waals surface area contributed by atoms with Crippen molar-refractivity contribution in [3.8, 4) is 0 Å². The molecule has 132 valence electrons. The summed E-state index contributed by atoms with van der Waals surface area (Å²) >= 11 is 3.39. The Morgan fingerprint density at radius 1 is 1.31 bits per heavy atom.